The van der Waals surface area contributed by atoms with E-state index in [4.69, 9.17) is 11.6 Å². The van der Waals surface area contributed by atoms with Gasteiger partial charge in [0.25, 0.3) is 5.91 Å². The number of carbonyl (C=O) groups is 2. The third-order valence-electron chi connectivity index (χ3n) is 5.88. The van der Waals surface area contributed by atoms with Crippen LogP contribution in [0.25, 0.3) is 0 Å². The Morgan fingerprint density at radius 3 is 2.74 bits per heavy atom. The predicted molar refractivity (Wildman–Crippen MR) is 119 cm³/mol. The summed E-state index contributed by atoms with van der Waals surface area (Å²) in [6.07, 6.45) is -4.73. The summed E-state index contributed by atoms with van der Waals surface area (Å²) in [5.74, 6) is -1.00. The number of β-amino-alcohol motifs (C(OH)–C–C–N with tert-alkyl or cyclic N) is 1. The zero-order valence-corrected chi connectivity index (χ0v) is 19.1. The molecule has 0 spiro atoms. The smallest absolute Gasteiger partial charge is 0.380 e. The van der Waals surface area contributed by atoms with Gasteiger partial charge in [0.05, 0.1) is 29.5 Å². The average Bonchev–Trinajstić information content (AvgIpc) is 3.39. The van der Waals surface area contributed by atoms with Gasteiger partial charge in [-0.15, -0.1) is 11.3 Å². The van der Waals surface area contributed by atoms with Gasteiger partial charge >= 0.3 is 12.2 Å². The van der Waals surface area contributed by atoms with E-state index in [1.165, 1.54) is 24.3 Å². The lowest BCUT2D eigenvalue weighted by atomic mass is 9.91. The maximum atomic E-state index is 13.9. The minimum Gasteiger partial charge on any atom is -0.380 e. The molecule has 7 nitrogen and oxygen atoms in total. The number of anilines is 1. The lowest BCUT2D eigenvalue weighted by Gasteiger charge is -2.45. The second-order valence-corrected chi connectivity index (χ2v) is 9.45. The molecule has 1 atom stereocenters. The molecule has 3 heterocycles. The third-order valence-corrected chi connectivity index (χ3v) is 7.24. The van der Waals surface area contributed by atoms with Gasteiger partial charge in [-0.25, -0.2) is 14.2 Å². The first-order chi connectivity index (χ1) is 16.5. The van der Waals surface area contributed by atoms with Crippen molar-refractivity contribution in [3.63, 3.8) is 0 Å². The quantitative estimate of drug-likeness (QED) is 0.437. The van der Waals surface area contributed by atoms with Crippen molar-refractivity contribution in [3.8, 4) is 0 Å². The molecule has 1 saturated heterocycles. The van der Waals surface area contributed by atoms with Crippen LogP contribution in [0.5, 0.6) is 0 Å². The number of urea groups is 1. The topological polar surface area (TPSA) is 94.6 Å². The average molecular weight is 527 g/mol. The number of carbonyl (C=O) groups excluding carboxylic acids is 2. The number of halogens is 5. The van der Waals surface area contributed by atoms with Crippen LogP contribution in [0.2, 0.25) is 5.02 Å². The van der Waals surface area contributed by atoms with Crippen molar-refractivity contribution < 1.29 is 32.3 Å². The molecule has 0 aliphatic carbocycles. The number of aliphatic hydroxyl groups is 1. The summed E-state index contributed by atoms with van der Waals surface area (Å²) >= 11 is 6.90. The van der Waals surface area contributed by atoms with Crippen molar-refractivity contribution in [2.24, 2.45) is 0 Å². The molecule has 2 aromatic carbocycles. The molecule has 3 aromatic rings. The molecule has 2 aliphatic rings. The molecule has 3 N–H and O–H groups in total. The van der Waals surface area contributed by atoms with Crippen molar-refractivity contribution in [2.75, 3.05) is 18.4 Å². The lowest BCUT2D eigenvalue weighted by molar-refractivity contribution is -0.147. The minimum absolute atomic E-state index is 0.212. The Hall–Kier alpha value is -3.22. The summed E-state index contributed by atoms with van der Waals surface area (Å²) in [6, 6.07) is 6.81. The Labute approximate surface area is 204 Å². The maximum Gasteiger partial charge on any atom is 0.434 e. The molecule has 0 bridgehead atoms. The number of thiazole rings is 1. The van der Waals surface area contributed by atoms with Gasteiger partial charge in [-0.05, 0) is 30.3 Å². The molecule has 13 heteroatoms. The highest BCUT2D eigenvalue weighted by molar-refractivity contribution is 7.10. The number of hydrogen-bond donors (Lipinski definition) is 3. The number of likely N-dealkylation sites (tertiary alicyclic amines) is 1. The van der Waals surface area contributed by atoms with Gasteiger partial charge in [0, 0.05) is 27.4 Å². The van der Waals surface area contributed by atoms with Crippen LogP contribution >= 0.6 is 22.9 Å². The number of fused-ring (bicyclic) bond motifs is 1. The van der Waals surface area contributed by atoms with Crippen LogP contribution < -0.4 is 10.6 Å². The maximum absolute atomic E-state index is 13.9. The molecule has 1 aromatic heterocycles. The van der Waals surface area contributed by atoms with Crippen molar-refractivity contribution in [1.82, 2.24) is 15.2 Å². The molecule has 35 heavy (non-hydrogen) atoms. The van der Waals surface area contributed by atoms with Crippen LogP contribution in [-0.4, -0.2) is 40.0 Å². The van der Waals surface area contributed by atoms with Gasteiger partial charge in [-0.2, -0.15) is 13.2 Å². The Bertz CT molecular complexity index is 1360. The molecule has 3 amide bonds. The molecule has 5 rings (SSSR count). The van der Waals surface area contributed by atoms with Crippen molar-refractivity contribution in [1.29, 1.82) is 0 Å². The second-order valence-electron chi connectivity index (χ2n) is 8.18. The predicted octanol–water partition coefficient (Wildman–Crippen LogP) is 4.52. The van der Waals surface area contributed by atoms with Crippen molar-refractivity contribution in [3.05, 3.63) is 80.0 Å². The van der Waals surface area contributed by atoms with Gasteiger partial charge in [-0.1, -0.05) is 17.7 Å². The number of nitrogens with zero attached hydrogens (tertiary/aromatic N) is 2. The fourth-order valence-corrected chi connectivity index (χ4v) is 5.40. The van der Waals surface area contributed by atoms with Crippen LogP contribution in [0.15, 0.2) is 41.9 Å². The van der Waals surface area contributed by atoms with E-state index in [2.05, 4.69) is 15.6 Å². The van der Waals surface area contributed by atoms with E-state index in [-0.39, 0.29) is 34.2 Å². The van der Waals surface area contributed by atoms with E-state index < -0.39 is 41.3 Å². The van der Waals surface area contributed by atoms with E-state index in [9.17, 15) is 32.3 Å². The highest BCUT2D eigenvalue weighted by Crippen LogP contribution is 2.43. The standard InChI is InChI=1S/C22H15ClF4N4O3S/c23-13-5-4-10(24)6-12(13)16-15-11(19(32)30-16)2-1-3-14(15)29-20(33)31-7-21(34,8-31)18-17(22(25,26)27)28-9-35-18/h1-6,9,16,34H,7-8H2,(H,29,33)(H,30,32). The second kappa shape index (κ2) is 8.18. The van der Waals surface area contributed by atoms with Crippen LogP contribution in [0.4, 0.5) is 28.0 Å². The Kier molecular flexibility index (Phi) is 5.49. The van der Waals surface area contributed by atoms with E-state index in [1.807, 2.05) is 0 Å². The molecular formula is C22H15ClF4N4O3S. The van der Waals surface area contributed by atoms with Crippen LogP contribution in [0, 0.1) is 5.82 Å². The molecule has 1 fully saturated rings. The lowest BCUT2D eigenvalue weighted by Crippen LogP contribution is -2.62. The zero-order chi connectivity index (χ0) is 25.1. The normalized spacial score (nSPS) is 18.6. The van der Waals surface area contributed by atoms with Crippen LogP contribution in [0.1, 0.15) is 38.1 Å². The van der Waals surface area contributed by atoms with Crippen molar-refractivity contribution in [2.45, 2.75) is 17.8 Å². The summed E-state index contributed by atoms with van der Waals surface area (Å²) in [6.45, 7) is -0.759. The summed E-state index contributed by atoms with van der Waals surface area (Å²) in [7, 11) is 0. The largest absolute Gasteiger partial charge is 0.434 e. The SMILES string of the molecule is O=C1NC(c2cc(F)ccc2Cl)c2c(NC(=O)N3CC(O)(c4scnc4C(F)(F)F)C3)cccc21. The number of aromatic nitrogens is 1. The van der Waals surface area contributed by atoms with Crippen LogP contribution in [-0.2, 0) is 11.8 Å². The fraction of sp³-hybridized carbons (Fsp3) is 0.227. The van der Waals surface area contributed by atoms with Gasteiger partial charge in [0.2, 0.25) is 0 Å². The third kappa shape index (κ3) is 4.01. The van der Waals surface area contributed by atoms with Gasteiger partial charge in [-0.3, -0.25) is 4.79 Å². The molecule has 0 saturated carbocycles. The number of rotatable bonds is 3. The number of hydrogen-bond acceptors (Lipinski definition) is 5. The first-order valence-corrected chi connectivity index (χ1v) is 11.4. The first kappa shape index (κ1) is 23.5. The first-order valence-electron chi connectivity index (χ1n) is 10.2. The van der Waals surface area contributed by atoms with Gasteiger partial charge in [0.1, 0.15) is 11.4 Å². The molecule has 1 unspecified atom stereocenters. The van der Waals surface area contributed by atoms with Crippen LogP contribution in [0.3, 0.4) is 0 Å². The molecule has 2 aliphatic heterocycles. The minimum atomic E-state index is -4.73. The summed E-state index contributed by atoms with van der Waals surface area (Å²) < 4.78 is 53.4. The Morgan fingerprint density at radius 2 is 2.03 bits per heavy atom. The highest BCUT2D eigenvalue weighted by atomic mass is 35.5. The number of alkyl halides is 3. The van der Waals surface area contributed by atoms with Gasteiger partial charge < -0.3 is 20.6 Å². The fourth-order valence-electron chi connectivity index (χ4n) is 4.28. The summed E-state index contributed by atoms with van der Waals surface area (Å²) in [4.78, 5) is 29.5. The summed E-state index contributed by atoms with van der Waals surface area (Å²) in [5.41, 5.74) is -0.900. The highest BCUT2D eigenvalue weighted by Gasteiger charge is 2.51. The van der Waals surface area contributed by atoms with Gasteiger partial charge in [0.15, 0.2) is 5.69 Å². The number of amides is 3. The Morgan fingerprint density at radius 1 is 1.29 bits per heavy atom. The monoisotopic (exact) mass is 526 g/mol. The number of benzene rings is 2. The Balaban J connectivity index is 1.38. The molecule has 182 valence electrons. The summed E-state index contributed by atoms with van der Waals surface area (Å²) in [5, 5.41) is 16.3. The van der Waals surface area contributed by atoms with Crippen molar-refractivity contribution >= 4 is 40.6 Å². The zero-order valence-electron chi connectivity index (χ0n) is 17.5. The van der Waals surface area contributed by atoms with E-state index >= 15 is 0 Å². The van der Waals surface area contributed by atoms with E-state index in [0.717, 1.165) is 10.4 Å². The molecule has 0 radical (unpaired) electrons. The van der Waals surface area contributed by atoms with E-state index in [0.29, 0.717) is 22.5 Å². The molecular weight excluding hydrogens is 512 g/mol. The van der Waals surface area contributed by atoms with E-state index in [1.54, 1.807) is 12.1 Å². The number of nitrogens with one attached hydrogen (secondary N) is 2.